The van der Waals surface area contributed by atoms with E-state index in [9.17, 15) is 0 Å². The highest BCUT2D eigenvalue weighted by atomic mass is 14.9. The minimum absolute atomic E-state index is 0.887. The SMILES string of the molecule is CCCCCCCCc1ccc(NCc2ccccc2)cc1. The molecular weight excluding hydrogens is 266 g/mol. The third kappa shape index (κ3) is 6.34. The molecule has 0 unspecified atom stereocenters. The summed E-state index contributed by atoms with van der Waals surface area (Å²) in [6, 6.07) is 19.5. The van der Waals surface area contributed by atoms with Crippen molar-refractivity contribution in [2.75, 3.05) is 5.32 Å². The Bertz CT molecular complexity index is 501. The lowest BCUT2D eigenvalue weighted by molar-refractivity contribution is 0.607. The quantitative estimate of drug-likeness (QED) is 0.514. The number of hydrogen-bond donors (Lipinski definition) is 1. The van der Waals surface area contributed by atoms with Crippen LogP contribution in [-0.2, 0) is 13.0 Å². The van der Waals surface area contributed by atoms with Gasteiger partial charge in [0, 0.05) is 12.2 Å². The van der Waals surface area contributed by atoms with E-state index >= 15 is 0 Å². The maximum atomic E-state index is 3.48. The number of anilines is 1. The van der Waals surface area contributed by atoms with Crippen LogP contribution in [-0.4, -0.2) is 0 Å². The van der Waals surface area contributed by atoms with Gasteiger partial charge in [0.2, 0.25) is 0 Å². The highest BCUT2D eigenvalue weighted by molar-refractivity contribution is 5.45. The third-order valence-corrected chi connectivity index (χ3v) is 4.11. The van der Waals surface area contributed by atoms with Crippen LogP contribution < -0.4 is 5.32 Å². The van der Waals surface area contributed by atoms with Gasteiger partial charge in [-0.15, -0.1) is 0 Å². The Morgan fingerprint density at radius 3 is 2.09 bits per heavy atom. The van der Waals surface area contributed by atoms with E-state index in [0.29, 0.717) is 0 Å². The molecule has 0 fully saturated rings. The van der Waals surface area contributed by atoms with Gasteiger partial charge in [0.05, 0.1) is 0 Å². The Kier molecular flexibility index (Phi) is 7.59. The van der Waals surface area contributed by atoms with Crippen molar-refractivity contribution < 1.29 is 0 Å². The van der Waals surface area contributed by atoms with Crippen molar-refractivity contribution in [1.29, 1.82) is 0 Å². The summed E-state index contributed by atoms with van der Waals surface area (Å²) in [4.78, 5) is 0. The molecule has 0 aliphatic rings. The first-order valence-electron chi connectivity index (χ1n) is 8.75. The average molecular weight is 295 g/mol. The summed E-state index contributed by atoms with van der Waals surface area (Å²) in [6.45, 7) is 3.16. The first-order chi connectivity index (χ1) is 10.9. The van der Waals surface area contributed by atoms with Crippen LogP contribution in [0.15, 0.2) is 54.6 Å². The summed E-state index contributed by atoms with van der Waals surface area (Å²) in [5.41, 5.74) is 3.98. The van der Waals surface area contributed by atoms with Crippen LogP contribution >= 0.6 is 0 Å². The van der Waals surface area contributed by atoms with E-state index < -0.39 is 0 Å². The number of aryl methyl sites for hydroxylation is 1. The van der Waals surface area contributed by atoms with Gasteiger partial charge in [0.1, 0.15) is 0 Å². The zero-order valence-electron chi connectivity index (χ0n) is 13.9. The molecule has 0 amide bonds. The number of unbranched alkanes of at least 4 members (excludes halogenated alkanes) is 5. The van der Waals surface area contributed by atoms with Crippen molar-refractivity contribution in [2.45, 2.75) is 58.4 Å². The van der Waals surface area contributed by atoms with E-state index in [1.807, 2.05) is 0 Å². The molecule has 118 valence electrons. The fourth-order valence-corrected chi connectivity index (χ4v) is 2.70. The van der Waals surface area contributed by atoms with E-state index in [0.717, 1.165) is 6.54 Å². The molecule has 0 heterocycles. The second-order valence-electron chi connectivity index (χ2n) is 6.05. The van der Waals surface area contributed by atoms with Gasteiger partial charge in [-0.1, -0.05) is 81.5 Å². The lowest BCUT2D eigenvalue weighted by atomic mass is 10.0. The first-order valence-corrected chi connectivity index (χ1v) is 8.75. The lowest BCUT2D eigenvalue weighted by Gasteiger charge is -2.08. The van der Waals surface area contributed by atoms with Crippen LogP contribution in [0.4, 0.5) is 5.69 Å². The van der Waals surface area contributed by atoms with Gasteiger partial charge in [-0.3, -0.25) is 0 Å². The largest absolute Gasteiger partial charge is 0.381 e. The Morgan fingerprint density at radius 1 is 0.682 bits per heavy atom. The van der Waals surface area contributed by atoms with Crippen molar-refractivity contribution in [3.05, 3.63) is 65.7 Å². The van der Waals surface area contributed by atoms with Crippen LogP contribution in [0.2, 0.25) is 0 Å². The number of nitrogens with one attached hydrogen (secondary N) is 1. The third-order valence-electron chi connectivity index (χ3n) is 4.11. The van der Waals surface area contributed by atoms with Crippen LogP contribution in [0, 0.1) is 0 Å². The van der Waals surface area contributed by atoms with Crippen LogP contribution in [0.3, 0.4) is 0 Å². The molecule has 2 rings (SSSR count). The standard InChI is InChI=1S/C21H29N/c1-2-3-4-5-6-8-11-19-14-16-21(17-15-19)22-18-20-12-9-7-10-13-20/h7,9-10,12-17,22H,2-6,8,11,18H2,1H3. The van der Waals surface area contributed by atoms with E-state index in [2.05, 4.69) is 66.8 Å². The van der Waals surface area contributed by atoms with Crippen molar-refractivity contribution in [3.63, 3.8) is 0 Å². The molecule has 22 heavy (non-hydrogen) atoms. The van der Waals surface area contributed by atoms with Gasteiger partial charge in [-0.2, -0.15) is 0 Å². The van der Waals surface area contributed by atoms with Gasteiger partial charge >= 0.3 is 0 Å². The predicted molar refractivity (Wildman–Crippen MR) is 97.3 cm³/mol. The van der Waals surface area contributed by atoms with Crippen LogP contribution in [0.5, 0.6) is 0 Å². The van der Waals surface area contributed by atoms with Gasteiger partial charge < -0.3 is 5.32 Å². The molecule has 0 bridgehead atoms. The molecule has 0 aliphatic heterocycles. The van der Waals surface area contributed by atoms with E-state index in [-0.39, 0.29) is 0 Å². The van der Waals surface area contributed by atoms with Crippen molar-refractivity contribution in [1.82, 2.24) is 0 Å². The molecule has 0 aromatic heterocycles. The van der Waals surface area contributed by atoms with Crippen molar-refractivity contribution in [3.8, 4) is 0 Å². The topological polar surface area (TPSA) is 12.0 Å². The highest BCUT2D eigenvalue weighted by Crippen LogP contribution is 2.14. The molecular formula is C21H29N. The molecule has 1 N–H and O–H groups in total. The lowest BCUT2D eigenvalue weighted by Crippen LogP contribution is -1.99. The Balaban J connectivity index is 1.67. The van der Waals surface area contributed by atoms with E-state index in [4.69, 9.17) is 0 Å². The summed E-state index contributed by atoms with van der Waals surface area (Å²) in [5, 5.41) is 3.48. The molecule has 1 nitrogen and oxygen atoms in total. The number of benzene rings is 2. The zero-order chi connectivity index (χ0) is 15.5. The second kappa shape index (κ2) is 10.0. The van der Waals surface area contributed by atoms with Crippen molar-refractivity contribution in [2.24, 2.45) is 0 Å². The minimum atomic E-state index is 0.887. The summed E-state index contributed by atoms with van der Waals surface area (Å²) in [6.07, 6.45) is 9.42. The molecule has 2 aromatic rings. The molecule has 0 atom stereocenters. The predicted octanol–water partition coefficient (Wildman–Crippen LogP) is 6.20. The summed E-state index contributed by atoms with van der Waals surface area (Å²) >= 11 is 0. The summed E-state index contributed by atoms with van der Waals surface area (Å²) in [5.74, 6) is 0. The molecule has 0 saturated carbocycles. The first kappa shape index (κ1) is 16.6. The Hall–Kier alpha value is -1.76. The van der Waals surface area contributed by atoms with Crippen LogP contribution in [0.25, 0.3) is 0 Å². The number of rotatable bonds is 10. The molecule has 0 radical (unpaired) electrons. The van der Waals surface area contributed by atoms with E-state index in [1.54, 1.807) is 0 Å². The normalized spacial score (nSPS) is 10.6. The summed E-state index contributed by atoms with van der Waals surface area (Å²) in [7, 11) is 0. The van der Waals surface area contributed by atoms with Crippen molar-refractivity contribution >= 4 is 5.69 Å². The van der Waals surface area contributed by atoms with E-state index in [1.165, 1.54) is 61.8 Å². The Labute approximate surface area is 135 Å². The van der Waals surface area contributed by atoms with Crippen LogP contribution in [0.1, 0.15) is 56.6 Å². The number of hydrogen-bond acceptors (Lipinski definition) is 1. The smallest absolute Gasteiger partial charge is 0.0400 e. The molecule has 2 aromatic carbocycles. The maximum Gasteiger partial charge on any atom is 0.0400 e. The minimum Gasteiger partial charge on any atom is -0.381 e. The maximum absolute atomic E-state index is 3.48. The molecule has 1 heteroatoms. The fourth-order valence-electron chi connectivity index (χ4n) is 2.70. The van der Waals surface area contributed by atoms with Gasteiger partial charge in [-0.25, -0.2) is 0 Å². The average Bonchev–Trinajstić information content (AvgIpc) is 2.58. The molecule has 0 aliphatic carbocycles. The van der Waals surface area contributed by atoms with Gasteiger partial charge in [-0.05, 0) is 36.1 Å². The highest BCUT2D eigenvalue weighted by Gasteiger charge is 1.97. The van der Waals surface area contributed by atoms with Gasteiger partial charge in [0.15, 0.2) is 0 Å². The Morgan fingerprint density at radius 2 is 1.36 bits per heavy atom. The fraction of sp³-hybridized carbons (Fsp3) is 0.429. The molecule has 0 saturated heterocycles. The monoisotopic (exact) mass is 295 g/mol. The zero-order valence-corrected chi connectivity index (χ0v) is 13.9. The summed E-state index contributed by atoms with van der Waals surface area (Å²) < 4.78 is 0. The second-order valence-corrected chi connectivity index (χ2v) is 6.05. The van der Waals surface area contributed by atoms with Gasteiger partial charge in [0.25, 0.3) is 0 Å². The molecule has 0 spiro atoms.